The van der Waals surface area contributed by atoms with E-state index in [0.717, 1.165) is 15.0 Å². The highest BCUT2D eigenvalue weighted by molar-refractivity contribution is 9.10. The molecule has 0 spiro atoms. The summed E-state index contributed by atoms with van der Waals surface area (Å²) in [4.78, 5) is 5.40. The lowest BCUT2D eigenvalue weighted by Gasteiger charge is -2.07. The van der Waals surface area contributed by atoms with Gasteiger partial charge in [0.1, 0.15) is 11.5 Å². The zero-order chi connectivity index (χ0) is 11.7. The van der Waals surface area contributed by atoms with Crippen LogP contribution in [-0.4, -0.2) is 12.0 Å². The Morgan fingerprint density at radius 2 is 2.12 bits per heavy atom. The lowest BCUT2D eigenvalue weighted by molar-refractivity contribution is 1.29. The molecule has 0 saturated heterocycles. The van der Waals surface area contributed by atoms with Gasteiger partial charge in [-0.3, -0.25) is 0 Å². The third kappa shape index (κ3) is 2.20. The SMILES string of the molecule is CNc1nc(-c2sccc2Br)c(Cl)cc1Cl. The molecular formula is C10H7BrCl2N2S. The van der Waals surface area contributed by atoms with Crippen LogP contribution >= 0.6 is 50.5 Å². The van der Waals surface area contributed by atoms with Crippen LogP contribution in [0, 0.1) is 0 Å². The average molecular weight is 338 g/mol. The molecule has 0 atom stereocenters. The van der Waals surface area contributed by atoms with Gasteiger partial charge in [0.2, 0.25) is 0 Å². The van der Waals surface area contributed by atoms with Crippen molar-refractivity contribution in [2.45, 2.75) is 0 Å². The summed E-state index contributed by atoms with van der Waals surface area (Å²) in [5.74, 6) is 0.626. The van der Waals surface area contributed by atoms with Crippen molar-refractivity contribution in [2.24, 2.45) is 0 Å². The van der Waals surface area contributed by atoms with Crippen LogP contribution in [0.5, 0.6) is 0 Å². The van der Waals surface area contributed by atoms with Gasteiger partial charge in [-0.15, -0.1) is 11.3 Å². The maximum atomic E-state index is 6.13. The highest BCUT2D eigenvalue weighted by Gasteiger charge is 2.13. The van der Waals surface area contributed by atoms with Crippen LogP contribution < -0.4 is 5.32 Å². The molecule has 0 aliphatic carbocycles. The quantitative estimate of drug-likeness (QED) is 0.841. The van der Waals surface area contributed by atoms with Gasteiger partial charge in [0.25, 0.3) is 0 Å². The summed E-state index contributed by atoms with van der Waals surface area (Å²) in [5.41, 5.74) is 0.734. The monoisotopic (exact) mass is 336 g/mol. The van der Waals surface area contributed by atoms with Crippen molar-refractivity contribution < 1.29 is 0 Å². The standard InChI is InChI=1S/C10H7BrCl2N2S/c1-14-10-7(13)4-6(12)8(15-10)9-5(11)2-3-16-9/h2-4H,1H3,(H,14,15). The molecule has 0 fully saturated rings. The molecule has 6 heteroatoms. The van der Waals surface area contributed by atoms with E-state index in [0.29, 0.717) is 15.9 Å². The van der Waals surface area contributed by atoms with Gasteiger partial charge < -0.3 is 5.32 Å². The molecule has 2 heterocycles. The summed E-state index contributed by atoms with van der Waals surface area (Å²) in [6.07, 6.45) is 0. The number of hydrogen-bond acceptors (Lipinski definition) is 3. The fourth-order valence-electron chi connectivity index (χ4n) is 1.26. The van der Waals surface area contributed by atoms with Gasteiger partial charge in [0.05, 0.1) is 14.9 Å². The van der Waals surface area contributed by atoms with Crippen molar-refractivity contribution in [3.05, 3.63) is 32.0 Å². The Kier molecular flexibility index (Phi) is 3.74. The molecule has 0 unspecified atom stereocenters. The van der Waals surface area contributed by atoms with E-state index in [1.54, 1.807) is 24.5 Å². The second kappa shape index (κ2) is 4.92. The predicted octanol–water partition coefficient (Wildman–Crippen LogP) is 4.92. The number of pyridine rings is 1. The Morgan fingerprint density at radius 1 is 1.38 bits per heavy atom. The molecule has 2 aromatic rings. The van der Waals surface area contributed by atoms with E-state index >= 15 is 0 Å². The zero-order valence-corrected chi connectivity index (χ0v) is 12.1. The van der Waals surface area contributed by atoms with E-state index in [9.17, 15) is 0 Å². The molecule has 0 aliphatic heterocycles. The molecule has 0 bridgehead atoms. The predicted molar refractivity (Wildman–Crippen MR) is 74.8 cm³/mol. The minimum atomic E-state index is 0.518. The third-order valence-electron chi connectivity index (χ3n) is 2.00. The summed E-state index contributed by atoms with van der Waals surface area (Å²) in [7, 11) is 1.77. The van der Waals surface area contributed by atoms with E-state index in [-0.39, 0.29) is 0 Å². The Balaban J connectivity index is 2.61. The molecule has 1 N–H and O–H groups in total. The molecule has 16 heavy (non-hydrogen) atoms. The maximum Gasteiger partial charge on any atom is 0.145 e. The second-order valence-corrected chi connectivity index (χ2v) is 5.58. The van der Waals surface area contributed by atoms with Crippen molar-refractivity contribution in [3.63, 3.8) is 0 Å². The number of hydrogen-bond donors (Lipinski definition) is 1. The maximum absolute atomic E-state index is 6.13. The van der Waals surface area contributed by atoms with Gasteiger partial charge in [-0.05, 0) is 33.4 Å². The van der Waals surface area contributed by atoms with E-state index < -0.39 is 0 Å². The van der Waals surface area contributed by atoms with Crippen LogP contribution in [0.4, 0.5) is 5.82 Å². The summed E-state index contributed by atoms with van der Waals surface area (Å²) in [6.45, 7) is 0. The first-order valence-electron chi connectivity index (χ1n) is 4.40. The highest BCUT2D eigenvalue weighted by atomic mass is 79.9. The number of thiophene rings is 1. The lowest BCUT2D eigenvalue weighted by atomic mass is 10.3. The lowest BCUT2D eigenvalue weighted by Crippen LogP contribution is -1.95. The topological polar surface area (TPSA) is 24.9 Å². The fraction of sp³-hybridized carbons (Fsp3) is 0.100. The van der Waals surface area contributed by atoms with Crippen molar-refractivity contribution in [2.75, 3.05) is 12.4 Å². The fourth-order valence-corrected chi connectivity index (χ4v) is 3.43. The van der Waals surface area contributed by atoms with Gasteiger partial charge >= 0.3 is 0 Å². The molecule has 0 aliphatic rings. The Labute approximate surface area is 116 Å². The molecule has 2 nitrogen and oxygen atoms in total. The largest absolute Gasteiger partial charge is 0.372 e. The Bertz CT molecular complexity index is 528. The van der Waals surface area contributed by atoms with Crippen LogP contribution in [0.3, 0.4) is 0 Å². The first-order chi connectivity index (χ1) is 7.63. The van der Waals surface area contributed by atoms with Crippen molar-refractivity contribution >= 4 is 56.3 Å². The van der Waals surface area contributed by atoms with E-state index in [2.05, 4.69) is 26.2 Å². The Hall–Kier alpha value is -0.290. The highest BCUT2D eigenvalue weighted by Crippen LogP contribution is 2.38. The Morgan fingerprint density at radius 3 is 2.69 bits per heavy atom. The molecule has 0 aromatic carbocycles. The minimum absolute atomic E-state index is 0.518. The minimum Gasteiger partial charge on any atom is -0.372 e. The number of anilines is 1. The summed E-state index contributed by atoms with van der Waals surface area (Å²) in [5, 5.41) is 5.97. The second-order valence-electron chi connectivity index (χ2n) is 3.00. The molecular weight excluding hydrogens is 331 g/mol. The number of aromatic nitrogens is 1. The van der Waals surface area contributed by atoms with Crippen LogP contribution in [0.25, 0.3) is 10.6 Å². The first-order valence-corrected chi connectivity index (χ1v) is 6.83. The van der Waals surface area contributed by atoms with Crippen molar-refractivity contribution in [1.29, 1.82) is 0 Å². The van der Waals surface area contributed by atoms with Crippen LogP contribution in [-0.2, 0) is 0 Å². The van der Waals surface area contributed by atoms with Gasteiger partial charge in [-0.2, -0.15) is 0 Å². The normalized spacial score (nSPS) is 10.5. The van der Waals surface area contributed by atoms with Gasteiger partial charge in [0, 0.05) is 11.5 Å². The summed E-state index contributed by atoms with van der Waals surface area (Å²) >= 11 is 17.2. The van der Waals surface area contributed by atoms with Crippen LogP contribution in [0.1, 0.15) is 0 Å². The van der Waals surface area contributed by atoms with Crippen LogP contribution in [0.2, 0.25) is 10.0 Å². The summed E-state index contributed by atoms with van der Waals surface area (Å²) in [6, 6.07) is 3.66. The first kappa shape index (κ1) is 12.2. The van der Waals surface area contributed by atoms with Gasteiger partial charge in [-0.25, -0.2) is 4.98 Å². The molecule has 2 rings (SSSR count). The number of halogens is 3. The molecule has 2 aromatic heterocycles. The van der Waals surface area contributed by atoms with E-state index in [4.69, 9.17) is 23.2 Å². The van der Waals surface area contributed by atoms with Crippen LogP contribution in [0.15, 0.2) is 22.0 Å². The zero-order valence-electron chi connectivity index (χ0n) is 8.22. The molecule has 0 saturated carbocycles. The molecule has 0 amide bonds. The average Bonchev–Trinajstić information content (AvgIpc) is 2.65. The third-order valence-corrected chi connectivity index (χ3v) is 4.42. The molecule has 0 radical (unpaired) electrons. The van der Waals surface area contributed by atoms with E-state index in [1.165, 1.54) is 0 Å². The number of nitrogens with one attached hydrogen (secondary N) is 1. The van der Waals surface area contributed by atoms with E-state index in [1.807, 2.05) is 11.4 Å². The smallest absolute Gasteiger partial charge is 0.145 e. The molecule has 84 valence electrons. The summed E-state index contributed by atoms with van der Waals surface area (Å²) < 4.78 is 0.983. The van der Waals surface area contributed by atoms with Crippen molar-refractivity contribution in [1.82, 2.24) is 4.98 Å². The van der Waals surface area contributed by atoms with Gasteiger partial charge in [0.15, 0.2) is 0 Å². The van der Waals surface area contributed by atoms with Gasteiger partial charge in [-0.1, -0.05) is 23.2 Å². The number of nitrogens with zero attached hydrogens (tertiary/aromatic N) is 1. The number of rotatable bonds is 2. The van der Waals surface area contributed by atoms with Crippen molar-refractivity contribution in [3.8, 4) is 10.6 Å².